The number of hydrogen-bond acceptors (Lipinski definition) is 2. The highest BCUT2D eigenvalue weighted by molar-refractivity contribution is 5.78. The molecule has 0 heterocycles. The van der Waals surface area contributed by atoms with E-state index in [0.717, 1.165) is 5.56 Å². The SMILES string of the molecule is CCC(C)(NCc1ccccc1)C(=O)O. The van der Waals surface area contributed by atoms with Gasteiger partial charge in [-0.1, -0.05) is 37.3 Å². The first-order chi connectivity index (χ1) is 7.08. The lowest BCUT2D eigenvalue weighted by Gasteiger charge is -2.24. The van der Waals surface area contributed by atoms with Gasteiger partial charge in [0.15, 0.2) is 0 Å². The first-order valence-corrected chi connectivity index (χ1v) is 5.11. The van der Waals surface area contributed by atoms with Gasteiger partial charge in [0.2, 0.25) is 0 Å². The van der Waals surface area contributed by atoms with Crippen molar-refractivity contribution in [1.82, 2.24) is 5.32 Å². The molecular weight excluding hydrogens is 190 g/mol. The molecule has 82 valence electrons. The predicted molar refractivity (Wildman–Crippen MR) is 59.6 cm³/mol. The van der Waals surface area contributed by atoms with Gasteiger partial charge >= 0.3 is 5.97 Å². The zero-order valence-corrected chi connectivity index (χ0v) is 9.16. The largest absolute Gasteiger partial charge is 0.480 e. The summed E-state index contributed by atoms with van der Waals surface area (Å²) in [5.41, 5.74) is 0.258. The molecule has 0 bridgehead atoms. The van der Waals surface area contributed by atoms with Crippen molar-refractivity contribution in [3.05, 3.63) is 35.9 Å². The summed E-state index contributed by atoms with van der Waals surface area (Å²) in [4.78, 5) is 11.0. The van der Waals surface area contributed by atoms with Crippen LogP contribution in [0.4, 0.5) is 0 Å². The number of benzene rings is 1. The molecule has 0 aliphatic carbocycles. The molecule has 0 radical (unpaired) electrons. The Kier molecular flexibility index (Phi) is 3.86. The van der Waals surface area contributed by atoms with E-state index in [1.54, 1.807) is 6.92 Å². The molecule has 3 nitrogen and oxygen atoms in total. The normalized spacial score (nSPS) is 14.5. The summed E-state index contributed by atoms with van der Waals surface area (Å²) in [6.07, 6.45) is 0.565. The maximum Gasteiger partial charge on any atom is 0.323 e. The molecule has 0 aromatic heterocycles. The zero-order chi connectivity index (χ0) is 11.3. The van der Waals surface area contributed by atoms with Gasteiger partial charge in [-0.25, -0.2) is 0 Å². The third-order valence-corrected chi connectivity index (χ3v) is 2.70. The van der Waals surface area contributed by atoms with Crippen LogP contribution in [0.3, 0.4) is 0 Å². The average Bonchev–Trinajstić information content (AvgIpc) is 2.27. The molecule has 0 saturated carbocycles. The lowest BCUT2D eigenvalue weighted by atomic mass is 9.99. The maximum absolute atomic E-state index is 11.0. The van der Waals surface area contributed by atoms with Crippen LogP contribution in [0.15, 0.2) is 30.3 Å². The van der Waals surface area contributed by atoms with Crippen molar-refractivity contribution in [3.8, 4) is 0 Å². The van der Waals surface area contributed by atoms with Crippen molar-refractivity contribution in [2.45, 2.75) is 32.4 Å². The van der Waals surface area contributed by atoms with Crippen LogP contribution in [0.2, 0.25) is 0 Å². The molecule has 1 aromatic carbocycles. The smallest absolute Gasteiger partial charge is 0.323 e. The molecular formula is C12H17NO2. The molecule has 0 aliphatic rings. The lowest BCUT2D eigenvalue weighted by molar-refractivity contribution is -0.144. The second-order valence-corrected chi connectivity index (χ2v) is 3.83. The molecule has 0 amide bonds. The van der Waals surface area contributed by atoms with Crippen LogP contribution < -0.4 is 5.32 Å². The summed E-state index contributed by atoms with van der Waals surface area (Å²) < 4.78 is 0. The summed E-state index contributed by atoms with van der Waals surface area (Å²) in [7, 11) is 0. The molecule has 0 aliphatic heterocycles. The minimum absolute atomic E-state index is 0.565. The van der Waals surface area contributed by atoms with Gasteiger partial charge in [-0.05, 0) is 18.9 Å². The predicted octanol–water partition coefficient (Wildman–Crippen LogP) is 2.03. The van der Waals surface area contributed by atoms with Crippen LogP contribution in [0, 0.1) is 0 Å². The standard InChI is InChI=1S/C12H17NO2/c1-3-12(2,11(14)15)13-9-10-7-5-4-6-8-10/h4-8,13H,3,9H2,1-2H3,(H,14,15). The van der Waals surface area contributed by atoms with Crippen molar-refractivity contribution in [2.75, 3.05) is 0 Å². The highest BCUT2D eigenvalue weighted by Gasteiger charge is 2.29. The van der Waals surface area contributed by atoms with E-state index in [0.29, 0.717) is 13.0 Å². The Hall–Kier alpha value is -1.35. The quantitative estimate of drug-likeness (QED) is 0.776. The summed E-state index contributed by atoms with van der Waals surface area (Å²) in [5.74, 6) is -0.805. The van der Waals surface area contributed by atoms with Gasteiger partial charge in [0.05, 0.1) is 0 Å². The Morgan fingerprint density at radius 3 is 2.47 bits per heavy atom. The topological polar surface area (TPSA) is 49.3 Å². The van der Waals surface area contributed by atoms with Gasteiger partial charge in [0.25, 0.3) is 0 Å². The highest BCUT2D eigenvalue weighted by Crippen LogP contribution is 2.10. The second-order valence-electron chi connectivity index (χ2n) is 3.83. The Bertz CT molecular complexity index is 324. The maximum atomic E-state index is 11.0. The van der Waals surface area contributed by atoms with Crippen molar-refractivity contribution >= 4 is 5.97 Å². The average molecular weight is 207 g/mol. The Balaban J connectivity index is 2.59. The molecule has 3 heteroatoms. The number of rotatable bonds is 5. The first kappa shape index (κ1) is 11.7. The molecule has 0 saturated heterocycles. The molecule has 1 unspecified atom stereocenters. The minimum atomic E-state index is -0.837. The van der Waals surface area contributed by atoms with E-state index in [4.69, 9.17) is 5.11 Å². The van der Waals surface area contributed by atoms with Crippen molar-refractivity contribution in [2.24, 2.45) is 0 Å². The van der Waals surface area contributed by atoms with Crippen LogP contribution in [0.5, 0.6) is 0 Å². The number of carboxylic acid groups (broad SMARTS) is 1. The van der Waals surface area contributed by atoms with Gasteiger partial charge < -0.3 is 5.11 Å². The van der Waals surface area contributed by atoms with E-state index in [-0.39, 0.29) is 0 Å². The third kappa shape index (κ3) is 3.06. The number of hydrogen-bond donors (Lipinski definition) is 2. The van der Waals surface area contributed by atoms with E-state index in [9.17, 15) is 4.79 Å². The summed E-state index contributed by atoms with van der Waals surface area (Å²) >= 11 is 0. The van der Waals surface area contributed by atoms with Gasteiger partial charge in [0, 0.05) is 6.54 Å². The molecule has 1 rings (SSSR count). The van der Waals surface area contributed by atoms with E-state index in [2.05, 4.69) is 5.32 Å². The van der Waals surface area contributed by atoms with Crippen LogP contribution in [0.25, 0.3) is 0 Å². The summed E-state index contributed by atoms with van der Waals surface area (Å²) in [6, 6.07) is 9.79. The number of aliphatic carboxylic acids is 1. The Labute approximate surface area is 90.1 Å². The molecule has 2 N–H and O–H groups in total. The van der Waals surface area contributed by atoms with Gasteiger partial charge in [-0.3, -0.25) is 10.1 Å². The first-order valence-electron chi connectivity index (χ1n) is 5.11. The molecule has 15 heavy (non-hydrogen) atoms. The van der Waals surface area contributed by atoms with Crippen LogP contribution >= 0.6 is 0 Å². The fourth-order valence-electron chi connectivity index (χ4n) is 1.24. The van der Waals surface area contributed by atoms with Crippen LogP contribution in [-0.2, 0) is 11.3 Å². The van der Waals surface area contributed by atoms with Gasteiger partial charge in [-0.2, -0.15) is 0 Å². The molecule has 0 fully saturated rings. The second kappa shape index (κ2) is 4.94. The summed E-state index contributed by atoms with van der Waals surface area (Å²) in [5, 5.41) is 12.1. The van der Waals surface area contributed by atoms with E-state index < -0.39 is 11.5 Å². The Morgan fingerprint density at radius 2 is 2.00 bits per heavy atom. The van der Waals surface area contributed by atoms with Crippen molar-refractivity contribution in [1.29, 1.82) is 0 Å². The van der Waals surface area contributed by atoms with Gasteiger partial charge in [0.1, 0.15) is 5.54 Å². The van der Waals surface area contributed by atoms with Gasteiger partial charge in [-0.15, -0.1) is 0 Å². The number of carbonyl (C=O) groups is 1. The van der Waals surface area contributed by atoms with Crippen LogP contribution in [-0.4, -0.2) is 16.6 Å². The van der Waals surface area contributed by atoms with Crippen molar-refractivity contribution in [3.63, 3.8) is 0 Å². The van der Waals surface area contributed by atoms with E-state index in [1.807, 2.05) is 37.3 Å². The fourth-order valence-corrected chi connectivity index (χ4v) is 1.24. The Morgan fingerprint density at radius 1 is 1.40 bits per heavy atom. The zero-order valence-electron chi connectivity index (χ0n) is 9.16. The summed E-state index contributed by atoms with van der Waals surface area (Å²) in [6.45, 7) is 4.15. The highest BCUT2D eigenvalue weighted by atomic mass is 16.4. The molecule has 0 spiro atoms. The molecule has 1 aromatic rings. The fraction of sp³-hybridized carbons (Fsp3) is 0.417. The minimum Gasteiger partial charge on any atom is -0.480 e. The van der Waals surface area contributed by atoms with E-state index in [1.165, 1.54) is 0 Å². The van der Waals surface area contributed by atoms with Crippen LogP contribution in [0.1, 0.15) is 25.8 Å². The lowest BCUT2D eigenvalue weighted by Crippen LogP contribution is -2.48. The molecule has 1 atom stereocenters. The monoisotopic (exact) mass is 207 g/mol. The number of nitrogens with one attached hydrogen (secondary N) is 1. The third-order valence-electron chi connectivity index (χ3n) is 2.70. The van der Waals surface area contributed by atoms with Crippen molar-refractivity contribution < 1.29 is 9.90 Å². The van der Waals surface area contributed by atoms with E-state index >= 15 is 0 Å². The number of carboxylic acids is 1.